The number of oxazole rings is 1. The summed E-state index contributed by atoms with van der Waals surface area (Å²) < 4.78 is 6.87. The van der Waals surface area contributed by atoms with Gasteiger partial charge < -0.3 is 9.25 Å². The van der Waals surface area contributed by atoms with Crippen molar-refractivity contribution in [2.45, 2.75) is 13.0 Å². The Morgan fingerprint density at radius 1 is 1.00 bits per heavy atom. The van der Waals surface area contributed by atoms with Gasteiger partial charge in [-0.2, -0.15) is 5.06 Å². The van der Waals surface area contributed by atoms with E-state index in [-0.39, 0.29) is 6.54 Å². The molecule has 0 saturated carbocycles. The van der Waals surface area contributed by atoms with Crippen molar-refractivity contribution in [2.75, 3.05) is 6.54 Å². The molecule has 27 heavy (non-hydrogen) atoms. The van der Waals surface area contributed by atoms with Gasteiger partial charge in [-0.05, 0) is 0 Å². The molecule has 1 atom stereocenters. The van der Waals surface area contributed by atoms with E-state index in [0.717, 1.165) is 16.2 Å². The number of aromatic nitrogens is 1. The molecule has 0 N–H and O–H groups in total. The average molecular weight is 364 g/mol. The average Bonchev–Trinajstić information content (AvgIpc) is 3.02. The highest BCUT2D eigenvalue weighted by Crippen LogP contribution is 2.35. The van der Waals surface area contributed by atoms with Crippen molar-refractivity contribution in [2.24, 2.45) is 0 Å². The topological polar surface area (TPSA) is 81.8 Å². The lowest BCUT2D eigenvalue weighted by molar-refractivity contribution is -0.218. The minimum absolute atomic E-state index is 0.0892. The molecule has 7 nitrogen and oxygen atoms in total. The maximum atomic E-state index is 12.6. The largest absolute Gasteiger partial charge is 0.420 e. The molecule has 0 radical (unpaired) electrons. The van der Waals surface area contributed by atoms with E-state index >= 15 is 0 Å². The molecule has 1 unspecified atom stereocenters. The Morgan fingerprint density at radius 2 is 1.59 bits per heavy atom. The third-order valence-corrected chi connectivity index (χ3v) is 4.35. The van der Waals surface area contributed by atoms with Crippen LogP contribution in [0.25, 0.3) is 22.6 Å². The number of hydrogen-bond acceptors (Lipinski definition) is 5. The van der Waals surface area contributed by atoms with E-state index in [1.807, 2.05) is 60.7 Å². The maximum absolute atomic E-state index is 12.6. The zero-order chi connectivity index (χ0) is 19.0. The summed E-state index contributed by atoms with van der Waals surface area (Å²) in [5.41, 5.74) is 2.00. The van der Waals surface area contributed by atoms with Gasteiger partial charge in [0.05, 0.1) is 12.2 Å². The summed E-state index contributed by atoms with van der Waals surface area (Å²) in [7, 11) is 0. The fraction of sp³-hybridized carbons (Fsp3) is 0.150. The molecular formula is C20H16N2O5. The molecular weight excluding hydrogens is 348 g/mol. The van der Waals surface area contributed by atoms with Gasteiger partial charge in [0.15, 0.2) is 5.76 Å². The molecule has 0 bridgehead atoms. The molecule has 1 fully saturated rings. The first-order valence-electron chi connectivity index (χ1n) is 8.42. The minimum atomic E-state index is -0.784. The second-order valence-corrected chi connectivity index (χ2v) is 6.15. The first-order chi connectivity index (χ1) is 13.1. The van der Waals surface area contributed by atoms with E-state index in [4.69, 9.17) is 9.25 Å². The zero-order valence-corrected chi connectivity index (χ0v) is 14.5. The second kappa shape index (κ2) is 6.60. The normalized spacial score (nSPS) is 16.1. The van der Waals surface area contributed by atoms with Gasteiger partial charge in [-0.3, -0.25) is 14.2 Å². The highest BCUT2D eigenvalue weighted by Gasteiger charge is 2.44. The Morgan fingerprint density at radius 3 is 2.15 bits per heavy atom. The lowest BCUT2D eigenvalue weighted by Crippen LogP contribution is -2.55. The second-order valence-electron chi connectivity index (χ2n) is 6.15. The lowest BCUT2D eigenvalue weighted by atomic mass is 10.0. The molecule has 2 heterocycles. The number of nitrogens with zero attached hydrogens (tertiary/aromatic N) is 2. The van der Waals surface area contributed by atoms with Gasteiger partial charge in [0.2, 0.25) is 0 Å². The summed E-state index contributed by atoms with van der Waals surface area (Å²) in [6.07, 6.45) is 0. The van der Waals surface area contributed by atoms with Crippen LogP contribution in [0.5, 0.6) is 0 Å². The summed E-state index contributed by atoms with van der Waals surface area (Å²) in [5, 5.41) is 0.948. The number of hydrogen-bond donors (Lipinski definition) is 0. The van der Waals surface area contributed by atoms with Crippen molar-refractivity contribution < 1.29 is 18.8 Å². The molecule has 136 valence electrons. The lowest BCUT2D eigenvalue weighted by Gasteiger charge is -2.36. The summed E-state index contributed by atoms with van der Waals surface area (Å²) >= 11 is 0. The van der Waals surface area contributed by atoms with Gasteiger partial charge in [0.25, 0.3) is 5.91 Å². The molecule has 1 aromatic heterocycles. The maximum Gasteiger partial charge on any atom is 0.420 e. The molecule has 1 aliphatic rings. The fourth-order valence-electron chi connectivity index (χ4n) is 3.13. The molecule has 4 rings (SSSR count). The fourth-order valence-corrected chi connectivity index (χ4v) is 3.13. The van der Waals surface area contributed by atoms with E-state index in [1.165, 1.54) is 11.5 Å². The first-order valence-corrected chi connectivity index (χ1v) is 8.42. The SMILES string of the molecule is CC(=O)ON1CC(n2c(-c3ccccc3)c(-c3ccccc3)oc2=O)C1=O. The van der Waals surface area contributed by atoms with Crippen LogP contribution in [0.4, 0.5) is 0 Å². The quantitative estimate of drug-likeness (QED) is 0.665. The summed E-state index contributed by atoms with van der Waals surface area (Å²) in [4.78, 5) is 41.0. The highest BCUT2D eigenvalue weighted by molar-refractivity contribution is 5.88. The predicted molar refractivity (Wildman–Crippen MR) is 96.4 cm³/mol. The van der Waals surface area contributed by atoms with Gasteiger partial charge in [-0.1, -0.05) is 60.7 Å². The molecule has 2 aromatic carbocycles. The Bertz CT molecular complexity index is 1050. The molecule has 0 spiro atoms. The van der Waals surface area contributed by atoms with Gasteiger partial charge in [-0.15, -0.1) is 0 Å². The van der Waals surface area contributed by atoms with E-state index in [2.05, 4.69) is 0 Å². The van der Waals surface area contributed by atoms with Crippen molar-refractivity contribution in [3.63, 3.8) is 0 Å². The Kier molecular flexibility index (Phi) is 4.12. The predicted octanol–water partition coefficient (Wildman–Crippen LogP) is 2.64. The number of β-lactam (4-membered cyclic amide) rings is 1. The van der Waals surface area contributed by atoms with Gasteiger partial charge in [0.1, 0.15) is 6.04 Å². The van der Waals surface area contributed by atoms with E-state index < -0.39 is 23.7 Å². The van der Waals surface area contributed by atoms with Crippen LogP contribution in [0.1, 0.15) is 13.0 Å². The number of rotatable bonds is 4. The molecule has 1 amide bonds. The van der Waals surface area contributed by atoms with Crippen molar-refractivity contribution in [1.29, 1.82) is 0 Å². The number of carbonyl (C=O) groups excluding carboxylic acids is 2. The van der Waals surface area contributed by atoms with E-state index in [9.17, 15) is 14.4 Å². The summed E-state index contributed by atoms with van der Waals surface area (Å²) in [6.45, 7) is 1.31. The van der Waals surface area contributed by atoms with Crippen molar-refractivity contribution in [3.05, 3.63) is 71.2 Å². The molecule has 3 aromatic rings. The Balaban J connectivity index is 1.83. The third kappa shape index (κ3) is 2.93. The molecule has 7 heteroatoms. The summed E-state index contributed by atoms with van der Waals surface area (Å²) in [6, 6.07) is 17.7. The Hall–Kier alpha value is -3.61. The van der Waals surface area contributed by atoms with E-state index in [0.29, 0.717) is 11.5 Å². The van der Waals surface area contributed by atoms with Crippen molar-refractivity contribution in [1.82, 2.24) is 9.63 Å². The number of carbonyl (C=O) groups is 2. The van der Waals surface area contributed by atoms with Crippen LogP contribution in [0.15, 0.2) is 69.9 Å². The number of amides is 1. The molecule has 1 aliphatic heterocycles. The molecule has 1 saturated heterocycles. The van der Waals surface area contributed by atoms with Crippen LogP contribution >= 0.6 is 0 Å². The minimum Gasteiger partial charge on any atom is -0.407 e. The van der Waals surface area contributed by atoms with Crippen LogP contribution in [0.2, 0.25) is 0 Å². The van der Waals surface area contributed by atoms with Gasteiger partial charge in [-0.25, -0.2) is 4.79 Å². The summed E-state index contributed by atoms with van der Waals surface area (Å²) in [5.74, 6) is -1.29. The van der Waals surface area contributed by atoms with E-state index in [1.54, 1.807) is 0 Å². The number of hydroxylamine groups is 2. The van der Waals surface area contributed by atoms with Crippen LogP contribution < -0.4 is 5.76 Å². The smallest absolute Gasteiger partial charge is 0.407 e. The van der Waals surface area contributed by atoms with Gasteiger partial charge in [0, 0.05) is 18.1 Å². The van der Waals surface area contributed by atoms with Gasteiger partial charge >= 0.3 is 11.7 Å². The zero-order valence-electron chi connectivity index (χ0n) is 14.5. The van der Waals surface area contributed by atoms with Crippen molar-refractivity contribution >= 4 is 11.9 Å². The standard InChI is InChI=1S/C20H16N2O5/c1-13(23)27-21-12-16(19(21)24)22-17(14-8-4-2-5-9-14)18(26-20(22)25)15-10-6-3-7-11-15/h2-11,16H,12H2,1H3. The monoisotopic (exact) mass is 364 g/mol. The Labute approximate surface area is 154 Å². The molecule has 0 aliphatic carbocycles. The third-order valence-electron chi connectivity index (χ3n) is 4.35. The number of benzene rings is 2. The van der Waals surface area contributed by atoms with Crippen molar-refractivity contribution in [3.8, 4) is 22.6 Å². The highest BCUT2D eigenvalue weighted by atomic mass is 16.7. The first kappa shape index (κ1) is 16.8. The van der Waals surface area contributed by atoms with Crippen LogP contribution in [0.3, 0.4) is 0 Å². The van der Waals surface area contributed by atoms with Crippen LogP contribution in [0, 0.1) is 0 Å². The van der Waals surface area contributed by atoms with Crippen LogP contribution in [-0.2, 0) is 14.4 Å². The van der Waals surface area contributed by atoms with Crippen LogP contribution in [-0.4, -0.2) is 28.1 Å².